The number of thiophene rings is 1. The van der Waals surface area contributed by atoms with Crippen molar-refractivity contribution in [2.45, 2.75) is 5.41 Å². The van der Waals surface area contributed by atoms with Crippen LogP contribution in [-0.4, -0.2) is 4.98 Å². The molecule has 0 atom stereocenters. The van der Waals surface area contributed by atoms with Crippen LogP contribution in [0.4, 0.5) is 17.1 Å². The first-order valence-corrected chi connectivity index (χ1v) is 21.2. The number of nitrogens with zero attached hydrogens (tertiary/aromatic N) is 2. The monoisotopic (exact) mass is 784 g/mol. The number of fused-ring (bicyclic) bond motifs is 7. The molecule has 0 spiro atoms. The summed E-state index contributed by atoms with van der Waals surface area (Å²) in [6.07, 6.45) is 0. The van der Waals surface area contributed by atoms with Crippen LogP contribution in [-0.2, 0) is 5.41 Å². The highest BCUT2D eigenvalue weighted by molar-refractivity contribution is 7.26. The molecule has 0 unspecified atom stereocenters. The van der Waals surface area contributed by atoms with E-state index in [0.717, 1.165) is 33.7 Å². The Hall–Kier alpha value is -7.53. The zero-order chi connectivity index (χ0) is 39.6. The Balaban J connectivity index is 1.06. The second-order valence-corrected chi connectivity index (χ2v) is 16.5. The quantitative estimate of drug-likeness (QED) is 0.161. The van der Waals surface area contributed by atoms with Crippen molar-refractivity contribution in [3.8, 4) is 33.7 Å². The molecular weight excluding hydrogens is 749 g/mol. The van der Waals surface area contributed by atoms with Crippen LogP contribution in [0.15, 0.2) is 223 Å². The van der Waals surface area contributed by atoms with E-state index in [0.29, 0.717) is 5.89 Å². The molecule has 2 heterocycles. The summed E-state index contributed by atoms with van der Waals surface area (Å²) in [4.78, 5) is 7.25. The van der Waals surface area contributed by atoms with Gasteiger partial charge in [0.05, 0.1) is 5.41 Å². The maximum absolute atomic E-state index is 6.49. The molecule has 1 aliphatic rings. The predicted octanol–water partition coefficient (Wildman–Crippen LogP) is 15.4. The third-order valence-corrected chi connectivity index (χ3v) is 13.4. The zero-order valence-corrected chi connectivity index (χ0v) is 33.3. The van der Waals surface area contributed by atoms with E-state index in [1.54, 1.807) is 0 Å². The molecule has 60 heavy (non-hydrogen) atoms. The van der Waals surface area contributed by atoms with Crippen LogP contribution >= 0.6 is 11.3 Å². The summed E-state index contributed by atoms with van der Waals surface area (Å²) in [7, 11) is 0. The average molecular weight is 785 g/mol. The van der Waals surface area contributed by atoms with Gasteiger partial charge in [-0.1, -0.05) is 158 Å². The Bertz CT molecular complexity index is 3330. The minimum Gasteiger partial charge on any atom is -0.436 e. The molecule has 0 fully saturated rings. The Labute approximate surface area is 352 Å². The minimum atomic E-state index is -0.525. The van der Waals surface area contributed by atoms with E-state index in [1.807, 2.05) is 41.7 Å². The lowest BCUT2D eigenvalue weighted by molar-refractivity contribution is 0.620. The molecular formula is C56H36N2OS. The summed E-state index contributed by atoms with van der Waals surface area (Å²) < 4.78 is 9.10. The van der Waals surface area contributed by atoms with Crippen LogP contribution < -0.4 is 4.90 Å². The molecule has 0 saturated carbocycles. The van der Waals surface area contributed by atoms with Gasteiger partial charge in [-0.3, -0.25) is 0 Å². The largest absolute Gasteiger partial charge is 0.436 e. The molecule has 0 radical (unpaired) electrons. The molecule has 0 N–H and O–H groups in total. The first-order chi connectivity index (χ1) is 29.7. The van der Waals surface area contributed by atoms with Crippen molar-refractivity contribution in [3.63, 3.8) is 0 Å². The fourth-order valence-corrected chi connectivity index (χ4v) is 10.8. The third-order valence-electron chi connectivity index (χ3n) is 12.2. The Morgan fingerprint density at radius 2 is 1.03 bits per heavy atom. The van der Waals surface area contributed by atoms with Crippen LogP contribution in [0.25, 0.3) is 65.0 Å². The summed E-state index contributed by atoms with van der Waals surface area (Å²) >= 11 is 1.86. The first-order valence-electron chi connectivity index (χ1n) is 20.4. The Kier molecular flexibility index (Phi) is 7.94. The molecule has 0 saturated heterocycles. The molecule has 0 bridgehead atoms. The van der Waals surface area contributed by atoms with Crippen molar-refractivity contribution in [2.24, 2.45) is 0 Å². The highest BCUT2D eigenvalue weighted by Gasteiger charge is 2.46. The molecule has 2 aromatic heterocycles. The number of rotatable bonds is 7. The maximum Gasteiger partial charge on any atom is 0.227 e. The standard InChI is InChI=1S/C56H36N2OS/c1-4-15-38(16-5-1)55-57-51-34-32-43(36-52(51)59-55)58(41-29-27-37(28-30-41)44-23-14-24-48-47-22-11-13-26-53(47)60-54(44)48)42-31-33-46-45-21-10-12-25-49(45)56(50(46)35-42,39-17-6-2-7-18-39)40-19-8-3-9-20-40/h1-36H. The van der Waals surface area contributed by atoms with Crippen LogP contribution in [0.1, 0.15) is 22.3 Å². The van der Waals surface area contributed by atoms with Crippen molar-refractivity contribution < 1.29 is 4.42 Å². The number of aromatic nitrogens is 1. The molecule has 0 aliphatic heterocycles. The van der Waals surface area contributed by atoms with Gasteiger partial charge in [0.15, 0.2) is 5.58 Å². The second kappa shape index (κ2) is 13.8. The molecule has 11 aromatic rings. The maximum atomic E-state index is 6.49. The van der Waals surface area contributed by atoms with Gasteiger partial charge in [0, 0.05) is 48.9 Å². The summed E-state index contributed by atoms with van der Waals surface area (Å²) in [6.45, 7) is 0. The predicted molar refractivity (Wildman–Crippen MR) is 250 cm³/mol. The van der Waals surface area contributed by atoms with Gasteiger partial charge in [-0.05, 0) is 99.1 Å². The highest BCUT2D eigenvalue weighted by atomic mass is 32.1. The molecule has 1 aliphatic carbocycles. The molecule has 12 rings (SSSR count). The number of hydrogen-bond acceptors (Lipinski definition) is 4. The van der Waals surface area contributed by atoms with Gasteiger partial charge in [0.25, 0.3) is 0 Å². The lowest BCUT2D eigenvalue weighted by atomic mass is 9.67. The third kappa shape index (κ3) is 5.31. The number of oxazole rings is 1. The number of anilines is 3. The van der Waals surface area contributed by atoms with Crippen molar-refractivity contribution in [2.75, 3.05) is 4.90 Å². The summed E-state index contributed by atoms with van der Waals surface area (Å²) in [5.41, 5.74) is 15.0. The molecule has 282 valence electrons. The van der Waals surface area contributed by atoms with Crippen LogP contribution in [0.2, 0.25) is 0 Å². The van der Waals surface area contributed by atoms with Crippen molar-refractivity contribution >= 4 is 59.7 Å². The molecule has 9 aromatic carbocycles. The number of benzene rings is 9. The Morgan fingerprint density at radius 1 is 0.433 bits per heavy atom. The lowest BCUT2D eigenvalue weighted by Gasteiger charge is -2.35. The second-order valence-electron chi connectivity index (χ2n) is 15.5. The molecule has 0 amide bonds. The van der Waals surface area contributed by atoms with E-state index < -0.39 is 5.41 Å². The minimum absolute atomic E-state index is 0.525. The lowest BCUT2D eigenvalue weighted by Crippen LogP contribution is -2.28. The fourth-order valence-electron chi connectivity index (χ4n) is 9.54. The van der Waals surface area contributed by atoms with E-state index >= 15 is 0 Å². The van der Waals surface area contributed by atoms with Gasteiger partial charge in [-0.15, -0.1) is 11.3 Å². The molecule has 4 heteroatoms. The van der Waals surface area contributed by atoms with Crippen LogP contribution in [0.3, 0.4) is 0 Å². The summed E-state index contributed by atoms with van der Waals surface area (Å²) in [6, 6.07) is 78.8. The van der Waals surface area contributed by atoms with Gasteiger partial charge >= 0.3 is 0 Å². The van der Waals surface area contributed by atoms with E-state index in [2.05, 4.69) is 193 Å². The van der Waals surface area contributed by atoms with Crippen LogP contribution in [0, 0.1) is 0 Å². The van der Waals surface area contributed by atoms with E-state index in [-0.39, 0.29) is 0 Å². The highest BCUT2D eigenvalue weighted by Crippen LogP contribution is 2.57. The van der Waals surface area contributed by atoms with Crippen LogP contribution in [0.5, 0.6) is 0 Å². The zero-order valence-electron chi connectivity index (χ0n) is 32.5. The van der Waals surface area contributed by atoms with Gasteiger partial charge < -0.3 is 9.32 Å². The van der Waals surface area contributed by atoms with Gasteiger partial charge in [-0.2, -0.15) is 0 Å². The molecule has 3 nitrogen and oxygen atoms in total. The van der Waals surface area contributed by atoms with E-state index in [9.17, 15) is 0 Å². The summed E-state index contributed by atoms with van der Waals surface area (Å²) in [5, 5.41) is 2.61. The fraction of sp³-hybridized carbons (Fsp3) is 0.0179. The Morgan fingerprint density at radius 3 is 1.82 bits per heavy atom. The van der Waals surface area contributed by atoms with E-state index in [1.165, 1.54) is 64.7 Å². The normalized spacial score (nSPS) is 12.8. The average Bonchev–Trinajstić information content (AvgIpc) is 4.01. The SMILES string of the molecule is c1ccc(-c2nc3ccc(N(c4ccc(-c5cccc6c5sc5ccccc56)cc4)c4ccc5c(c4)C(c4ccccc4)(c4ccccc4)c4ccccc4-5)cc3o2)cc1. The smallest absolute Gasteiger partial charge is 0.227 e. The van der Waals surface area contributed by atoms with E-state index in [4.69, 9.17) is 9.40 Å². The van der Waals surface area contributed by atoms with Gasteiger partial charge in [0.2, 0.25) is 5.89 Å². The van der Waals surface area contributed by atoms with Crippen molar-refractivity contribution in [3.05, 3.63) is 241 Å². The van der Waals surface area contributed by atoms with Crippen molar-refractivity contribution in [1.29, 1.82) is 0 Å². The van der Waals surface area contributed by atoms with Crippen molar-refractivity contribution in [1.82, 2.24) is 4.98 Å². The summed E-state index contributed by atoms with van der Waals surface area (Å²) in [5.74, 6) is 0.611. The van der Waals surface area contributed by atoms with Gasteiger partial charge in [0.1, 0.15) is 5.52 Å². The number of hydrogen-bond donors (Lipinski definition) is 0. The topological polar surface area (TPSA) is 29.3 Å². The van der Waals surface area contributed by atoms with Gasteiger partial charge in [-0.25, -0.2) is 4.98 Å². The first kappa shape index (κ1) is 34.5.